The number of halogens is 1. The summed E-state index contributed by atoms with van der Waals surface area (Å²) >= 11 is 7.74. The van der Waals surface area contributed by atoms with Crippen molar-refractivity contribution in [3.8, 4) is 0 Å². The van der Waals surface area contributed by atoms with Crippen LogP contribution in [0.1, 0.15) is 24.5 Å². The predicted molar refractivity (Wildman–Crippen MR) is 85.9 cm³/mol. The Labute approximate surface area is 129 Å². The van der Waals surface area contributed by atoms with Gasteiger partial charge in [0.2, 0.25) is 5.95 Å². The minimum atomic E-state index is 0.579. The van der Waals surface area contributed by atoms with E-state index in [0.29, 0.717) is 11.0 Å². The number of hydrogen-bond acceptors (Lipinski definition) is 4. The van der Waals surface area contributed by atoms with Crippen molar-refractivity contribution in [3.05, 3.63) is 40.5 Å². The van der Waals surface area contributed by atoms with Gasteiger partial charge in [0.1, 0.15) is 5.03 Å². The Morgan fingerprint density at radius 1 is 1.25 bits per heavy atom. The third kappa shape index (κ3) is 3.87. The molecule has 0 aliphatic carbocycles. The quantitative estimate of drug-likeness (QED) is 0.811. The molecule has 1 aromatic carbocycles. The molecule has 0 atom stereocenters. The number of nitrogens with one attached hydrogen (secondary N) is 1. The van der Waals surface area contributed by atoms with Crippen molar-refractivity contribution in [2.24, 2.45) is 0 Å². The molecule has 1 heterocycles. The molecule has 1 N–H and O–H groups in total. The smallest absolute Gasteiger partial charge is 0.223 e. The van der Waals surface area contributed by atoms with Crippen LogP contribution in [0.5, 0.6) is 0 Å². The number of benzene rings is 1. The lowest BCUT2D eigenvalue weighted by Gasteiger charge is -2.08. The van der Waals surface area contributed by atoms with E-state index < -0.39 is 0 Å². The molecule has 2 rings (SSSR count). The Morgan fingerprint density at radius 3 is 2.75 bits per heavy atom. The molecule has 2 aromatic rings. The highest BCUT2D eigenvalue weighted by Gasteiger charge is 2.08. The molecular weight excluding hydrogens is 290 g/mol. The second-order valence-corrected chi connectivity index (χ2v) is 6.09. The van der Waals surface area contributed by atoms with Crippen molar-refractivity contribution in [1.82, 2.24) is 9.97 Å². The Balaban J connectivity index is 2.20. The largest absolute Gasteiger partial charge is 0.354 e. The van der Waals surface area contributed by atoms with Crippen LogP contribution < -0.4 is 5.32 Å². The lowest BCUT2D eigenvalue weighted by atomic mass is 10.1. The van der Waals surface area contributed by atoms with Gasteiger partial charge in [-0.2, -0.15) is 0 Å². The number of aryl methyl sites for hydroxylation is 2. The van der Waals surface area contributed by atoms with Crippen molar-refractivity contribution in [1.29, 1.82) is 0 Å². The fourth-order valence-electron chi connectivity index (χ4n) is 1.63. The van der Waals surface area contributed by atoms with E-state index >= 15 is 0 Å². The van der Waals surface area contributed by atoms with Gasteiger partial charge in [0.15, 0.2) is 0 Å². The highest BCUT2D eigenvalue weighted by Crippen LogP contribution is 2.32. The van der Waals surface area contributed by atoms with Gasteiger partial charge in [-0.25, -0.2) is 9.97 Å². The first-order valence-corrected chi connectivity index (χ1v) is 7.81. The summed E-state index contributed by atoms with van der Waals surface area (Å²) < 4.78 is 0. The summed E-state index contributed by atoms with van der Waals surface area (Å²) in [5, 5.41) is 4.53. The molecule has 0 radical (unpaired) electrons. The van der Waals surface area contributed by atoms with Gasteiger partial charge in [-0.1, -0.05) is 36.4 Å². The van der Waals surface area contributed by atoms with E-state index in [1.807, 2.05) is 0 Å². The molecule has 1 aromatic heterocycles. The van der Waals surface area contributed by atoms with E-state index in [-0.39, 0.29) is 0 Å². The third-order valence-corrected chi connectivity index (χ3v) is 4.32. The molecule has 0 saturated heterocycles. The SMILES string of the molecule is CCCNc1ncc(Cl)c(Sc2ccc(C)c(C)c2)n1. The monoisotopic (exact) mass is 307 g/mol. The molecular formula is C15H18ClN3S. The van der Waals surface area contributed by atoms with Crippen molar-refractivity contribution in [2.75, 3.05) is 11.9 Å². The topological polar surface area (TPSA) is 37.8 Å². The maximum absolute atomic E-state index is 6.18. The van der Waals surface area contributed by atoms with E-state index in [4.69, 9.17) is 11.6 Å². The van der Waals surface area contributed by atoms with Crippen LogP contribution in [0.4, 0.5) is 5.95 Å². The van der Waals surface area contributed by atoms with Crippen LogP contribution in [0.2, 0.25) is 5.02 Å². The fraction of sp³-hybridized carbons (Fsp3) is 0.333. The minimum absolute atomic E-state index is 0.579. The summed E-state index contributed by atoms with van der Waals surface area (Å²) in [6, 6.07) is 6.35. The van der Waals surface area contributed by atoms with Gasteiger partial charge >= 0.3 is 0 Å². The lowest BCUT2D eigenvalue weighted by molar-refractivity contribution is 0.935. The second-order valence-electron chi connectivity index (χ2n) is 4.62. The van der Waals surface area contributed by atoms with Gasteiger partial charge in [-0.15, -0.1) is 0 Å². The van der Waals surface area contributed by atoms with E-state index in [2.05, 4.69) is 54.3 Å². The Bertz CT molecular complexity index is 602. The van der Waals surface area contributed by atoms with Gasteiger partial charge < -0.3 is 5.32 Å². The summed E-state index contributed by atoms with van der Waals surface area (Å²) in [4.78, 5) is 9.78. The molecule has 0 aliphatic rings. The zero-order chi connectivity index (χ0) is 14.5. The average molecular weight is 308 g/mol. The normalized spacial score (nSPS) is 10.6. The average Bonchev–Trinajstić information content (AvgIpc) is 2.44. The zero-order valence-electron chi connectivity index (χ0n) is 11.9. The van der Waals surface area contributed by atoms with Gasteiger partial charge in [0, 0.05) is 11.4 Å². The van der Waals surface area contributed by atoms with E-state index in [1.165, 1.54) is 11.1 Å². The van der Waals surface area contributed by atoms with Crippen LogP contribution >= 0.6 is 23.4 Å². The molecule has 0 amide bonds. The summed E-state index contributed by atoms with van der Waals surface area (Å²) in [5.74, 6) is 0.627. The standard InChI is InChI=1S/C15H18ClN3S/c1-4-7-17-15-18-9-13(16)14(19-15)20-12-6-5-10(2)11(3)8-12/h5-6,8-9H,4,7H2,1-3H3,(H,17,18,19). The van der Waals surface area contributed by atoms with Crippen LogP contribution in [-0.2, 0) is 0 Å². The summed E-state index contributed by atoms with van der Waals surface area (Å²) in [7, 11) is 0. The van der Waals surface area contributed by atoms with E-state index in [0.717, 1.165) is 22.9 Å². The second kappa shape index (κ2) is 6.95. The minimum Gasteiger partial charge on any atom is -0.354 e. The van der Waals surface area contributed by atoms with Crippen LogP contribution in [-0.4, -0.2) is 16.5 Å². The highest BCUT2D eigenvalue weighted by molar-refractivity contribution is 7.99. The first-order chi connectivity index (χ1) is 9.60. The molecule has 3 nitrogen and oxygen atoms in total. The van der Waals surface area contributed by atoms with Crippen LogP contribution in [0.25, 0.3) is 0 Å². The zero-order valence-corrected chi connectivity index (χ0v) is 13.5. The molecule has 0 spiro atoms. The number of nitrogens with zero attached hydrogens (tertiary/aromatic N) is 2. The number of hydrogen-bond donors (Lipinski definition) is 1. The van der Waals surface area contributed by atoms with Gasteiger partial charge in [0.05, 0.1) is 11.2 Å². The van der Waals surface area contributed by atoms with E-state index in [9.17, 15) is 0 Å². The molecule has 20 heavy (non-hydrogen) atoms. The molecule has 5 heteroatoms. The number of aromatic nitrogens is 2. The number of rotatable bonds is 5. The number of anilines is 1. The summed E-state index contributed by atoms with van der Waals surface area (Å²) in [6.45, 7) is 7.17. The first kappa shape index (κ1) is 15.1. The van der Waals surface area contributed by atoms with Gasteiger partial charge in [0.25, 0.3) is 0 Å². The van der Waals surface area contributed by atoms with E-state index in [1.54, 1.807) is 18.0 Å². The van der Waals surface area contributed by atoms with Crippen molar-refractivity contribution in [3.63, 3.8) is 0 Å². The third-order valence-electron chi connectivity index (χ3n) is 2.94. The Hall–Kier alpha value is -1.26. The van der Waals surface area contributed by atoms with Gasteiger partial charge in [-0.05, 0) is 43.5 Å². The molecule has 0 saturated carbocycles. The van der Waals surface area contributed by atoms with Crippen molar-refractivity contribution in [2.45, 2.75) is 37.1 Å². The molecule has 0 aliphatic heterocycles. The lowest BCUT2D eigenvalue weighted by Crippen LogP contribution is -2.04. The Morgan fingerprint density at radius 2 is 2.05 bits per heavy atom. The highest BCUT2D eigenvalue weighted by atomic mass is 35.5. The molecule has 0 unspecified atom stereocenters. The summed E-state index contributed by atoms with van der Waals surface area (Å²) in [6.07, 6.45) is 2.68. The molecule has 106 valence electrons. The van der Waals surface area contributed by atoms with Gasteiger partial charge in [-0.3, -0.25) is 0 Å². The fourth-order valence-corrected chi connectivity index (χ4v) is 2.72. The molecule has 0 bridgehead atoms. The summed E-state index contributed by atoms with van der Waals surface area (Å²) in [5.41, 5.74) is 2.55. The van der Waals surface area contributed by atoms with Crippen LogP contribution in [0, 0.1) is 13.8 Å². The van der Waals surface area contributed by atoms with Crippen molar-refractivity contribution < 1.29 is 0 Å². The maximum atomic E-state index is 6.18. The van der Waals surface area contributed by atoms with Crippen LogP contribution in [0.3, 0.4) is 0 Å². The maximum Gasteiger partial charge on any atom is 0.223 e. The Kier molecular flexibility index (Phi) is 5.26. The van der Waals surface area contributed by atoms with Crippen molar-refractivity contribution >= 4 is 29.3 Å². The predicted octanol–water partition coefficient (Wildman–Crippen LogP) is 4.72. The molecule has 0 fully saturated rings. The van der Waals surface area contributed by atoms with Crippen LogP contribution in [0.15, 0.2) is 34.3 Å². The first-order valence-electron chi connectivity index (χ1n) is 6.61.